The van der Waals surface area contributed by atoms with Crippen LogP contribution in [-0.2, 0) is 15.8 Å². The standard InChI is InChI=1S/C17H13IN4O2S/c18-15-13-7-4-9-19-16(13)22-14(15)8-10-20-17(22)21-25(23,24)11-12-5-2-1-3-6-12/h1-10H,11H2,(H,20,21). The smallest absolute Gasteiger partial charge is 0.239 e. The van der Waals surface area contributed by atoms with Crippen molar-refractivity contribution in [3.05, 3.63) is 70.1 Å². The molecule has 0 saturated carbocycles. The van der Waals surface area contributed by atoms with Crippen LogP contribution in [0, 0.1) is 3.57 Å². The fraction of sp³-hybridized carbons (Fsp3) is 0.0588. The van der Waals surface area contributed by atoms with Crippen LogP contribution in [0.1, 0.15) is 5.56 Å². The lowest BCUT2D eigenvalue weighted by Gasteiger charge is -2.10. The third kappa shape index (κ3) is 3.07. The summed E-state index contributed by atoms with van der Waals surface area (Å²) in [5.74, 6) is 0.121. The zero-order chi connectivity index (χ0) is 17.4. The van der Waals surface area contributed by atoms with Gasteiger partial charge < -0.3 is 0 Å². The Balaban J connectivity index is 1.81. The number of hydrogen-bond donors (Lipinski definition) is 1. The predicted molar refractivity (Wildman–Crippen MR) is 106 cm³/mol. The minimum absolute atomic E-state index is 0.115. The SMILES string of the molecule is O=S(=O)(Cc1ccccc1)Nc1nccc2c(I)c3cccnc3n12. The molecule has 0 radical (unpaired) electrons. The van der Waals surface area contributed by atoms with E-state index in [1.54, 1.807) is 28.9 Å². The zero-order valence-corrected chi connectivity index (χ0v) is 15.9. The van der Waals surface area contributed by atoms with Gasteiger partial charge in [-0.25, -0.2) is 18.4 Å². The first-order valence-corrected chi connectivity index (χ1v) is 10.2. The maximum absolute atomic E-state index is 12.6. The van der Waals surface area contributed by atoms with Crippen LogP contribution in [0.25, 0.3) is 16.6 Å². The van der Waals surface area contributed by atoms with Gasteiger partial charge in [-0.1, -0.05) is 30.3 Å². The summed E-state index contributed by atoms with van der Waals surface area (Å²) < 4.78 is 30.5. The van der Waals surface area contributed by atoms with Gasteiger partial charge in [0.2, 0.25) is 16.0 Å². The summed E-state index contributed by atoms with van der Waals surface area (Å²) in [6.07, 6.45) is 3.27. The molecule has 0 aliphatic heterocycles. The molecule has 0 unspecified atom stereocenters. The van der Waals surface area contributed by atoms with Crippen LogP contribution in [0.2, 0.25) is 0 Å². The number of aromatic nitrogens is 3. The fourth-order valence-corrected chi connectivity index (χ4v) is 4.70. The Hall–Kier alpha value is -2.20. The molecule has 1 N–H and O–H groups in total. The molecule has 4 rings (SSSR count). The Morgan fingerprint density at radius 3 is 2.60 bits per heavy atom. The number of halogens is 1. The van der Waals surface area contributed by atoms with E-state index in [1.807, 2.05) is 36.4 Å². The van der Waals surface area contributed by atoms with E-state index in [2.05, 4.69) is 37.3 Å². The maximum atomic E-state index is 12.6. The molecule has 0 atom stereocenters. The fourth-order valence-electron chi connectivity index (χ4n) is 2.74. The molecule has 3 heterocycles. The topological polar surface area (TPSA) is 76.4 Å². The van der Waals surface area contributed by atoms with Crippen molar-refractivity contribution >= 4 is 55.1 Å². The number of anilines is 1. The van der Waals surface area contributed by atoms with Crippen molar-refractivity contribution < 1.29 is 8.42 Å². The highest BCUT2D eigenvalue weighted by Gasteiger charge is 2.18. The Bertz CT molecular complexity index is 1170. The second-order valence-electron chi connectivity index (χ2n) is 5.52. The third-order valence-corrected chi connectivity index (χ3v) is 6.13. The van der Waals surface area contributed by atoms with Gasteiger partial charge in [0.25, 0.3) is 0 Å². The number of nitrogens with zero attached hydrogens (tertiary/aromatic N) is 3. The lowest BCUT2D eigenvalue weighted by molar-refractivity contribution is 0.600. The molecule has 126 valence electrons. The van der Waals surface area contributed by atoms with Crippen LogP contribution in [0.15, 0.2) is 60.9 Å². The summed E-state index contributed by atoms with van der Waals surface area (Å²) in [6, 6.07) is 14.7. The molecular weight excluding hydrogens is 451 g/mol. The summed E-state index contributed by atoms with van der Waals surface area (Å²) in [5, 5.41) is 0.958. The largest absolute Gasteiger partial charge is 0.262 e. The van der Waals surface area contributed by atoms with Crippen LogP contribution < -0.4 is 4.72 Å². The zero-order valence-electron chi connectivity index (χ0n) is 12.9. The van der Waals surface area contributed by atoms with E-state index in [9.17, 15) is 8.42 Å². The highest BCUT2D eigenvalue weighted by Crippen LogP contribution is 2.28. The van der Waals surface area contributed by atoms with E-state index in [1.165, 1.54) is 0 Å². The van der Waals surface area contributed by atoms with Crippen LogP contribution >= 0.6 is 22.6 Å². The van der Waals surface area contributed by atoms with Gasteiger partial charge in [0, 0.05) is 21.4 Å². The van der Waals surface area contributed by atoms with Gasteiger partial charge in [0.1, 0.15) is 5.65 Å². The van der Waals surface area contributed by atoms with Gasteiger partial charge in [-0.3, -0.25) is 9.12 Å². The van der Waals surface area contributed by atoms with E-state index in [-0.39, 0.29) is 11.7 Å². The monoisotopic (exact) mass is 464 g/mol. The Morgan fingerprint density at radius 1 is 1.00 bits per heavy atom. The van der Waals surface area contributed by atoms with Crippen molar-refractivity contribution in [3.8, 4) is 0 Å². The molecule has 1 aromatic carbocycles. The van der Waals surface area contributed by atoms with E-state index in [4.69, 9.17) is 0 Å². The minimum Gasteiger partial charge on any atom is -0.262 e. The van der Waals surface area contributed by atoms with Crippen molar-refractivity contribution in [1.82, 2.24) is 14.4 Å². The Labute approximate surface area is 158 Å². The van der Waals surface area contributed by atoms with Crippen LogP contribution in [0.3, 0.4) is 0 Å². The van der Waals surface area contributed by atoms with Gasteiger partial charge in [0.05, 0.1) is 11.3 Å². The molecule has 8 heteroatoms. The molecule has 0 fully saturated rings. The van der Waals surface area contributed by atoms with E-state index in [0.29, 0.717) is 11.2 Å². The number of rotatable bonds is 4. The van der Waals surface area contributed by atoms with Gasteiger partial charge in [-0.05, 0) is 46.4 Å². The summed E-state index contributed by atoms with van der Waals surface area (Å²) in [5.41, 5.74) is 2.25. The molecule has 0 saturated heterocycles. The highest BCUT2D eigenvalue weighted by molar-refractivity contribution is 14.1. The minimum atomic E-state index is -3.60. The maximum Gasteiger partial charge on any atom is 0.239 e. The lowest BCUT2D eigenvalue weighted by atomic mass is 10.2. The Morgan fingerprint density at radius 2 is 1.80 bits per heavy atom. The first kappa shape index (κ1) is 16.3. The number of fused-ring (bicyclic) bond motifs is 3. The van der Waals surface area contributed by atoms with Crippen LogP contribution in [-0.4, -0.2) is 22.8 Å². The van der Waals surface area contributed by atoms with Gasteiger partial charge in [-0.2, -0.15) is 0 Å². The summed E-state index contributed by atoms with van der Waals surface area (Å²) >= 11 is 2.24. The van der Waals surface area contributed by atoms with Gasteiger partial charge in [-0.15, -0.1) is 0 Å². The van der Waals surface area contributed by atoms with Crippen molar-refractivity contribution in [1.29, 1.82) is 0 Å². The first-order chi connectivity index (χ1) is 12.1. The molecule has 0 aliphatic rings. The van der Waals surface area contributed by atoms with Gasteiger partial charge in [0.15, 0.2) is 0 Å². The molecule has 0 aliphatic carbocycles. The first-order valence-electron chi connectivity index (χ1n) is 7.49. The van der Waals surface area contributed by atoms with E-state index in [0.717, 1.165) is 14.5 Å². The molecule has 6 nitrogen and oxygen atoms in total. The molecule has 0 spiro atoms. The average molecular weight is 464 g/mol. The lowest BCUT2D eigenvalue weighted by Crippen LogP contribution is -2.18. The molecule has 0 amide bonds. The van der Waals surface area contributed by atoms with Gasteiger partial charge >= 0.3 is 0 Å². The van der Waals surface area contributed by atoms with Crippen LogP contribution in [0.5, 0.6) is 0 Å². The second-order valence-corrected chi connectivity index (χ2v) is 8.33. The van der Waals surface area contributed by atoms with Crippen molar-refractivity contribution in [2.45, 2.75) is 5.75 Å². The van der Waals surface area contributed by atoms with Crippen molar-refractivity contribution in [3.63, 3.8) is 0 Å². The van der Waals surface area contributed by atoms with E-state index < -0.39 is 10.0 Å². The quantitative estimate of drug-likeness (QED) is 0.470. The summed E-state index contributed by atoms with van der Waals surface area (Å²) in [6.45, 7) is 0. The molecule has 0 bridgehead atoms. The molecular formula is C17H13IN4O2S. The number of hydrogen-bond acceptors (Lipinski definition) is 4. The predicted octanol–water partition coefficient (Wildman–Crippen LogP) is 3.43. The molecule has 3 aromatic heterocycles. The third-order valence-electron chi connectivity index (χ3n) is 3.79. The Kier molecular flexibility index (Phi) is 4.08. The number of pyridine rings is 1. The summed E-state index contributed by atoms with van der Waals surface area (Å²) in [7, 11) is -3.60. The summed E-state index contributed by atoms with van der Waals surface area (Å²) in [4.78, 5) is 8.61. The highest BCUT2D eigenvalue weighted by atomic mass is 127. The van der Waals surface area contributed by atoms with E-state index >= 15 is 0 Å². The number of nitrogens with one attached hydrogen (secondary N) is 1. The normalized spacial score (nSPS) is 11.9. The molecule has 4 aromatic rings. The van der Waals surface area contributed by atoms with Crippen molar-refractivity contribution in [2.75, 3.05) is 4.72 Å². The average Bonchev–Trinajstić information content (AvgIpc) is 2.89. The second kappa shape index (κ2) is 6.26. The molecule has 25 heavy (non-hydrogen) atoms. The van der Waals surface area contributed by atoms with Crippen molar-refractivity contribution in [2.24, 2.45) is 0 Å². The number of sulfonamides is 1. The van der Waals surface area contributed by atoms with Crippen LogP contribution in [0.4, 0.5) is 5.95 Å². The number of benzene rings is 1.